The van der Waals surface area contributed by atoms with Crippen molar-refractivity contribution < 1.29 is 4.74 Å². The second-order valence-electron chi connectivity index (χ2n) is 2.09. The SMILES string of the molecule is CCOc1cc[nH]c(=S)c1C#N. The molecule has 0 aliphatic heterocycles. The van der Waals surface area contributed by atoms with Crippen molar-refractivity contribution in [3.05, 3.63) is 22.5 Å². The molecule has 1 aromatic heterocycles. The molecule has 0 saturated carbocycles. The molecule has 0 spiro atoms. The molecule has 0 saturated heterocycles. The largest absolute Gasteiger partial charge is 0.492 e. The van der Waals surface area contributed by atoms with E-state index in [4.69, 9.17) is 22.2 Å². The van der Waals surface area contributed by atoms with Gasteiger partial charge in [0.15, 0.2) is 0 Å². The van der Waals surface area contributed by atoms with Gasteiger partial charge in [-0.15, -0.1) is 0 Å². The third kappa shape index (κ3) is 1.63. The zero-order valence-corrected chi connectivity index (χ0v) is 7.44. The summed E-state index contributed by atoms with van der Waals surface area (Å²) in [6.07, 6.45) is 1.66. The Morgan fingerprint density at radius 3 is 3.08 bits per heavy atom. The van der Waals surface area contributed by atoms with Gasteiger partial charge in [0, 0.05) is 6.20 Å². The number of pyridine rings is 1. The minimum atomic E-state index is 0.398. The lowest BCUT2D eigenvalue weighted by atomic mass is 10.3. The third-order valence-corrected chi connectivity index (χ3v) is 1.66. The van der Waals surface area contributed by atoms with Crippen LogP contribution in [0.25, 0.3) is 0 Å². The number of nitriles is 1. The zero-order chi connectivity index (χ0) is 8.97. The summed E-state index contributed by atoms with van der Waals surface area (Å²) in [7, 11) is 0. The first-order valence-electron chi connectivity index (χ1n) is 3.54. The molecule has 0 amide bonds. The first kappa shape index (κ1) is 8.75. The van der Waals surface area contributed by atoms with Crippen molar-refractivity contribution >= 4 is 12.2 Å². The van der Waals surface area contributed by atoms with Crippen LogP contribution in [0.15, 0.2) is 12.3 Å². The fourth-order valence-corrected chi connectivity index (χ4v) is 1.06. The van der Waals surface area contributed by atoms with Crippen molar-refractivity contribution in [3.8, 4) is 11.8 Å². The van der Waals surface area contributed by atoms with Crippen molar-refractivity contribution in [3.63, 3.8) is 0 Å². The van der Waals surface area contributed by atoms with E-state index in [0.717, 1.165) is 0 Å². The van der Waals surface area contributed by atoms with E-state index in [-0.39, 0.29) is 0 Å². The first-order valence-corrected chi connectivity index (χ1v) is 3.95. The highest BCUT2D eigenvalue weighted by atomic mass is 32.1. The van der Waals surface area contributed by atoms with Gasteiger partial charge in [-0.25, -0.2) is 0 Å². The van der Waals surface area contributed by atoms with Gasteiger partial charge in [-0.05, 0) is 13.0 Å². The van der Waals surface area contributed by atoms with E-state index in [0.29, 0.717) is 22.6 Å². The van der Waals surface area contributed by atoms with Crippen LogP contribution >= 0.6 is 12.2 Å². The number of nitrogens with one attached hydrogen (secondary N) is 1. The van der Waals surface area contributed by atoms with E-state index in [9.17, 15) is 0 Å². The average Bonchev–Trinajstić information content (AvgIpc) is 2.05. The van der Waals surface area contributed by atoms with E-state index in [1.165, 1.54) is 0 Å². The quantitative estimate of drug-likeness (QED) is 0.708. The molecule has 1 rings (SSSR count). The molecule has 4 heteroatoms. The molecule has 1 aromatic rings. The van der Waals surface area contributed by atoms with E-state index in [1.807, 2.05) is 13.0 Å². The summed E-state index contributed by atoms with van der Waals surface area (Å²) in [6, 6.07) is 3.68. The molecule has 0 aliphatic rings. The second kappa shape index (κ2) is 3.88. The maximum absolute atomic E-state index is 8.71. The number of nitrogens with zero attached hydrogens (tertiary/aromatic N) is 1. The van der Waals surface area contributed by atoms with Gasteiger partial charge in [0.1, 0.15) is 22.0 Å². The van der Waals surface area contributed by atoms with Gasteiger partial charge in [-0.1, -0.05) is 12.2 Å². The summed E-state index contributed by atoms with van der Waals surface area (Å²) in [5, 5.41) is 8.71. The molecule has 0 unspecified atom stereocenters. The second-order valence-corrected chi connectivity index (χ2v) is 2.50. The van der Waals surface area contributed by atoms with Gasteiger partial charge in [0.25, 0.3) is 0 Å². The lowest BCUT2D eigenvalue weighted by Crippen LogP contribution is -1.95. The summed E-state index contributed by atoms with van der Waals surface area (Å²) in [5.41, 5.74) is 0.398. The highest BCUT2D eigenvalue weighted by Crippen LogP contribution is 2.16. The fourth-order valence-electron chi connectivity index (χ4n) is 0.842. The molecule has 12 heavy (non-hydrogen) atoms. The maximum atomic E-state index is 8.71. The van der Waals surface area contributed by atoms with Gasteiger partial charge in [-0.3, -0.25) is 0 Å². The van der Waals surface area contributed by atoms with Crippen molar-refractivity contribution in [1.82, 2.24) is 4.98 Å². The number of hydrogen-bond acceptors (Lipinski definition) is 3. The summed E-state index contributed by atoms with van der Waals surface area (Å²) in [6.45, 7) is 2.40. The van der Waals surface area contributed by atoms with Crippen LogP contribution in [-0.4, -0.2) is 11.6 Å². The molecular formula is C8H8N2OS. The van der Waals surface area contributed by atoms with E-state index >= 15 is 0 Å². The first-order chi connectivity index (χ1) is 5.79. The van der Waals surface area contributed by atoms with E-state index in [2.05, 4.69) is 4.98 Å². The maximum Gasteiger partial charge on any atom is 0.141 e. The molecule has 1 heterocycles. The molecule has 0 atom stereocenters. The van der Waals surface area contributed by atoms with Crippen LogP contribution in [0.1, 0.15) is 12.5 Å². The summed E-state index contributed by atoms with van der Waals surface area (Å²) < 4.78 is 5.62. The highest BCUT2D eigenvalue weighted by molar-refractivity contribution is 7.71. The van der Waals surface area contributed by atoms with Crippen molar-refractivity contribution in [2.75, 3.05) is 6.61 Å². The van der Waals surface area contributed by atoms with E-state index < -0.39 is 0 Å². The summed E-state index contributed by atoms with van der Waals surface area (Å²) in [4.78, 5) is 2.76. The van der Waals surface area contributed by atoms with Crippen LogP contribution in [0.2, 0.25) is 0 Å². The molecule has 0 aliphatic carbocycles. The average molecular weight is 180 g/mol. The number of rotatable bonds is 2. The molecular weight excluding hydrogens is 172 g/mol. The van der Waals surface area contributed by atoms with Gasteiger partial charge >= 0.3 is 0 Å². The number of H-pyrrole nitrogens is 1. The molecule has 0 radical (unpaired) electrons. The fraction of sp³-hybridized carbons (Fsp3) is 0.250. The van der Waals surface area contributed by atoms with Gasteiger partial charge < -0.3 is 9.72 Å². The molecule has 0 aromatic carbocycles. The Balaban J connectivity index is 3.21. The topological polar surface area (TPSA) is 48.8 Å². The minimum Gasteiger partial charge on any atom is -0.492 e. The van der Waals surface area contributed by atoms with Crippen LogP contribution in [-0.2, 0) is 0 Å². The molecule has 0 bridgehead atoms. The Morgan fingerprint density at radius 1 is 1.75 bits per heavy atom. The number of hydrogen-bond donors (Lipinski definition) is 1. The standard InChI is InChI=1S/C8H8N2OS/c1-2-11-7-3-4-10-8(12)6(7)5-9/h3-4H,2H2,1H3,(H,10,12). The van der Waals surface area contributed by atoms with Gasteiger partial charge in [-0.2, -0.15) is 5.26 Å². The molecule has 0 fully saturated rings. The van der Waals surface area contributed by atoms with Crippen molar-refractivity contribution in [2.24, 2.45) is 0 Å². The predicted octanol–water partition coefficient (Wildman–Crippen LogP) is 2.01. The van der Waals surface area contributed by atoms with Crippen LogP contribution in [0.4, 0.5) is 0 Å². The monoisotopic (exact) mass is 180 g/mol. The van der Waals surface area contributed by atoms with Crippen molar-refractivity contribution in [2.45, 2.75) is 6.92 Å². The smallest absolute Gasteiger partial charge is 0.141 e. The van der Waals surface area contributed by atoms with Gasteiger partial charge in [0.05, 0.1) is 6.61 Å². The predicted molar refractivity (Wildman–Crippen MR) is 47.5 cm³/mol. The Morgan fingerprint density at radius 2 is 2.50 bits per heavy atom. The third-order valence-electron chi connectivity index (χ3n) is 1.33. The number of ether oxygens (including phenoxy) is 1. The van der Waals surface area contributed by atoms with Crippen LogP contribution in [0.3, 0.4) is 0 Å². The zero-order valence-electron chi connectivity index (χ0n) is 6.63. The Labute approximate surface area is 75.6 Å². The summed E-state index contributed by atoms with van der Waals surface area (Å²) in [5.74, 6) is 0.545. The lowest BCUT2D eigenvalue weighted by Gasteiger charge is -2.03. The minimum absolute atomic E-state index is 0.398. The molecule has 62 valence electrons. The van der Waals surface area contributed by atoms with Crippen LogP contribution in [0, 0.1) is 16.0 Å². The lowest BCUT2D eigenvalue weighted by molar-refractivity contribution is 0.338. The molecule has 1 N–H and O–H groups in total. The Kier molecular flexibility index (Phi) is 2.83. The Bertz CT molecular complexity index is 364. The van der Waals surface area contributed by atoms with E-state index in [1.54, 1.807) is 12.3 Å². The normalized spacial score (nSPS) is 9.00. The number of aromatic nitrogens is 1. The highest BCUT2D eigenvalue weighted by Gasteiger charge is 2.02. The Hall–Kier alpha value is -1.34. The van der Waals surface area contributed by atoms with Crippen LogP contribution in [0.5, 0.6) is 5.75 Å². The molecule has 3 nitrogen and oxygen atoms in total. The summed E-state index contributed by atoms with van der Waals surface area (Å²) >= 11 is 4.89. The number of aromatic amines is 1. The van der Waals surface area contributed by atoms with Crippen LogP contribution < -0.4 is 4.74 Å². The van der Waals surface area contributed by atoms with Gasteiger partial charge in [0.2, 0.25) is 0 Å². The van der Waals surface area contributed by atoms with Crippen molar-refractivity contribution in [1.29, 1.82) is 5.26 Å².